The van der Waals surface area contributed by atoms with Crippen LogP contribution in [0.15, 0.2) is 0 Å². The van der Waals surface area contributed by atoms with Crippen LogP contribution in [0.25, 0.3) is 0 Å². The zero-order chi connectivity index (χ0) is 14.5. The van der Waals surface area contributed by atoms with Crippen molar-refractivity contribution in [3.63, 3.8) is 0 Å². The molecular formula is C17H34N2O. The predicted molar refractivity (Wildman–Crippen MR) is 85.0 cm³/mol. The minimum Gasteiger partial charge on any atom is -0.378 e. The molecule has 3 heteroatoms. The third kappa shape index (κ3) is 4.71. The van der Waals surface area contributed by atoms with Gasteiger partial charge in [0.25, 0.3) is 0 Å². The molecule has 2 rings (SSSR count). The smallest absolute Gasteiger partial charge is 0.0588 e. The molecule has 2 aliphatic rings. The molecule has 0 aromatic heterocycles. The Hall–Kier alpha value is -0.120. The molecule has 0 spiro atoms. The number of nitrogens with one attached hydrogen (secondary N) is 1. The monoisotopic (exact) mass is 282 g/mol. The van der Waals surface area contributed by atoms with Crippen molar-refractivity contribution in [3.05, 3.63) is 0 Å². The maximum atomic E-state index is 5.79. The average Bonchev–Trinajstić information content (AvgIpc) is 2.88. The summed E-state index contributed by atoms with van der Waals surface area (Å²) in [5, 5.41) is 3.77. The summed E-state index contributed by atoms with van der Waals surface area (Å²) in [4.78, 5) is 2.73. The first kappa shape index (κ1) is 16.3. The molecule has 2 fully saturated rings. The number of piperazine rings is 1. The van der Waals surface area contributed by atoms with Gasteiger partial charge in [0, 0.05) is 38.3 Å². The lowest BCUT2D eigenvalue weighted by molar-refractivity contribution is 0.0560. The molecule has 0 aromatic carbocycles. The number of ether oxygens (including phenoxy) is 1. The maximum absolute atomic E-state index is 5.79. The minimum absolute atomic E-state index is 0.529. The fourth-order valence-corrected chi connectivity index (χ4v) is 3.72. The summed E-state index contributed by atoms with van der Waals surface area (Å²) in [5.41, 5.74) is 0. The molecule has 1 N–H and O–H groups in total. The normalized spacial score (nSPS) is 32.4. The van der Waals surface area contributed by atoms with Crippen LogP contribution in [0.3, 0.4) is 0 Å². The van der Waals surface area contributed by atoms with Crippen molar-refractivity contribution in [1.29, 1.82) is 0 Å². The zero-order valence-corrected chi connectivity index (χ0v) is 13.9. The van der Waals surface area contributed by atoms with Crippen LogP contribution in [-0.2, 0) is 4.74 Å². The summed E-state index contributed by atoms with van der Waals surface area (Å²) in [5.74, 6) is 1.51. The van der Waals surface area contributed by atoms with Gasteiger partial charge in [0.1, 0.15) is 0 Å². The van der Waals surface area contributed by atoms with E-state index in [1.54, 1.807) is 0 Å². The molecule has 2 saturated heterocycles. The number of hydrogen-bond acceptors (Lipinski definition) is 3. The van der Waals surface area contributed by atoms with E-state index in [9.17, 15) is 0 Å². The molecule has 0 bridgehead atoms. The second kappa shape index (κ2) is 7.77. The van der Waals surface area contributed by atoms with Crippen molar-refractivity contribution < 1.29 is 4.74 Å². The fraction of sp³-hybridized carbons (Fsp3) is 1.00. The fourth-order valence-electron chi connectivity index (χ4n) is 3.72. The molecule has 3 nitrogen and oxygen atoms in total. The van der Waals surface area contributed by atoms with Crippen LogP contribution in [0.5, 0.6) is 0 Å². The van der Waals surface area contributed by atoms with Gasteiger partial charge in [-0.15, -0.1) is 0 Å². The average molecular weight is 282 g/mol. The number of hydrogen-bond donors (Lipinski definition) is 1. The van der Waals surface area contributed by atoms with E-state index in [0.717, 1.165) is 25.0 Å². The quantitative estimate of drug-likeness (QED) is 0.811. The first-order valence-electron chi connectivity index (χ1n) is 8.65. The summed E-state index contributed by atoms with van der Waals surface area (Å²) >= 11 is 0. The highest BCUT2D eigenvalue weighted by molar-refractivity contribution is 4.88. The van der Waals surface area contributed by atoms with E-state index >= 15 is 0 Å². The Balaban J connectivity index is 1.84. The highest BCUT2D eigenvalue weighted by atomic mass is 16.5. The van der Waals surface area contributed by atoms with Crippen LogP contribution in [0.1, 0.15) is 53.4 Å². The number of rotatable bonds is 6. The van der Waals surface area contributed by atoms with Crippen molar-refractivity contribution in [2.45, 2.75) is 71.6 Å². The molecule has 20 heavy (non-hydrogen) atoms. The van der Waals surface area contributed by atoms with E-state index < -0.39 is 0 Å². The Kier molecular flexibility index (Phi) is 6.31. The van der Waals surface area contributed by atoms with Crippen molar-refractivity contribution in [1.82, 2.24) is 10.2 Å². The summed E-state index contributed by atoms with van der Waals surface area (Å²) in [6, 6.07) is 1.37. The third-order valence-corrected chi connectivity index (χ3v) is 4.83. The lowest BCUT2D eigenvalue weighted by Gasteiger charge is -2.43. The van der Waals surface area contributed by atoms with Gasteiger partial charge in [-0.1, -0.05) is 27.7 Å². The summed E-state index contributed by atoms with van der Waals surface area (Å²) in [6.07, 6.45) is 5.57. The van der Waals surface area contributed by atoms with Crippen molar-refractivity contribution in [2.75, 3.05) is 26.2 Å². The Morgan fingerprint density at radius 1 is 1.25 bits per heavy atom. The lowest BCUT2D eigenvalue weighted by atomic mass is 9.94. The molecule has 3 atom stereocenters. The second-order valence-electron chi connectivity index (χ2n) is 7.46. The van der Waals surface area contributed by atoms with E-state index in [-0.39, 0.29) is 0 Å². The first-order valence-corrected chi connectivity index (χ1v) is 8.65. The molecule has 0 aromatic rings. The van der Waals surface area contributed by atoms with E-state index in [2.05, 4.69) is 37.9 Å². The van der Waals surface area contributed by atoms with Gasteiger partial charge < -0.3 is 10.1 Å². The predicted octanol–water partition coefficient (Wildman–Crippen LogP) is 2.90. The van der Waals surface area contributed by atoms with Crippen LogP contribution in [0.4, 0.5) is 0 Å². The van der Waals surface area contributed by atoms with Crippen LogP contribution >= 0.6 is 0 Å². The summed E-state index contributed by atoms with van der Waals surface area (Å²) in [6.45, 7) is 13.9. The highest BCUT2D eigenvalue weighted by Gasteiger charge is 2.30. The largest absolute Gasteiger partial charge is 0.378 e. The summed E-state index contributed by atoms with van der Waals surface area (Å²) in [7, 11) is 0. The molecule has 0 radical (unpaired) electrons. The van der Waals surface area contributed by atoms with Gasteiger partial charge in [0.15, 0.2) is 0 Å². The molecule has 0 amide bonds. The summed E-state index contributed by atoms with van der Waals surface area (Å²) < 4.78 is 5.79. The van der Waals surface area contributed by atoms with E-state index in [0.29, 0.717) is 18.2 Å². The van der Waals surface area contributed by atoms with Gasteiger partial charge in [-0.2, -0.15) is 0 Å². The van der Waals surface area contributed by atoms with E-state index in [1.165, 1.54) is 38.8 Å². The number of nitrogens with zero attached hydrogens (tertiary/aromatic N) is 1. The maximum Gasteiger partial charge on any atom is 0.0588 e. The molecule has 3 unspecified atom stereocenters. The van der Waals surface area contributed by atoms with Crippen LogP contribution in [0, 0.1) is 11.8 Å². The third-order valence-electron chi connectivity index (χ3n) is 4.83. The molecule has 2 heterocycles. The highest BCUT2D eigenvalue weighted by Crippen LogP contribution is 2.21. The second-order valence-corrected chi connectivity index (χ2v) is 7.46. The van der Waals surface area contributed by atoms with Gasteiger partial charge in [-0.05, 0) is 37.5 Å². The molecule has 118 valence electrons. The van der Waals surface area contributed by atoms with Crippen LogP contribution in [-0.4, -0.2) is 49.3 Å². The van der Waals surface area contributed by atoms with Crippen LogP contribution in [0.2, 0.25) is 0 Å². The first-order chi connectivity index (χ1) is 9.56. The molecule has 0 saturated carbocycles. The van der Waals surface area contributed by atoms with E-state index in [1.807, 2.05) is 0 Å². The zero-order valence-electron chi connectivity index (χ0n) is 13.9. The van der Waals surface area contributed by atoms with Gasteiger partial charge in [-0.25, -0.2) is 0 Å². The van der Waals surface area contributed by atoms with Crippen molar-refractivity contribution >= 4 is 0 Å². The van der Waals surface area contributed by atoms with Gasteiger partial charge in [-0.3, -0.25) is 4.90 Å². The lowest BCUT2D eigenvalue weighted by Crippen LogP contribution is -2.58. The Morgan fingerprint density at radius 2 is 2.05 bits per heavy atom. The van der Waals surface area contributed by atoms with Crippen molar-refractivity contribution in [2.24, 2.45) is 11.8 Å². The molecule has 0 aliphatic carbocycles. The van der Waals surface area contributed by atoms with Gasteiger partial charge >= 0.3 is 0 Å². The minimum atomic E-state index is 0.529. The topological polar surface area (TPSA) is 24.5 Å². The van der Waals surface area contributed by atoms with Crippen LogP contribution < -0.4 is 5.32 Å². The Bertz CT molecular complexity index is 274. The SMILES string of the molecule is CC(C)CC1CN(CCC2CCCO2)C(C(C)C)CN1. The molecular weight excluding hydrogens is 248 g/mol. The van der Waals surface area contributed by atoms with Crippen molar-refractivity contribution in [3.8, 4) is 0 Å². The Morgan fingerprint density at radius 3 is 2.65 bits per heavy atom. The standard InChI is InChI=1S/C17H34N2O/c1-13(2)10-15-12-19(17(11-18-15)14(3)4)8-7-16-6-5-9-20-16/h13-18H,5-12H2,1-4H3. The molecule has 2 aliphatic heterocycles. The van der Waals surface area contributed by atoms with E-state index in [4.69, 9.17) is 4.74 Å². The Labute approximate surface area is 125 Å². The van der Waals surface area contributed by atoms with Gasteiger partial charge in [0.2, 0.25) is 0 Å². The van der Waals surface area contributed by atoms with Gasteiger partial charge in [0.05, 0.1) is 6.10 Å².